The number of nitrogens with one attached hydrogen (secondary N) is 1. The standard InChI is InChI=1S/C9H10BrN3OS/c1-5-2-8(14)6(3-7(5)10)4-12-13-9(11)15/h2-4,14H,1H3,(H3,11,13,15). The van der Waals surface area contributed by atoms with E-state index in [4.69, 9.17) is 5.73 Å². The topological polar surface area (TPSA) is 70.6 Å². The minimum atomic E-state index is 0.0805. The maximum Gasteiger partial charge on any atom is 0.184 e. The highest BCUT2D eigenvalue weighted by Crippen LogP contribution is 2.24. The molecule has 4 nitrogen and oxygen atoms in total. The van der Waals surface area contributed by atoms with Crippen LogP contribution >= 0.6 is 28.1 Å². The zero-order valence-corrected chi connectivity index (χ0v) is 10.4. The number of halogens is 1. The first-order valence-electron chi connectivity index (χ1n) is 4.08. The number of nitrogens with two attached hydrogens (primary N) is 1. The number of hydrazone groups is 1. The number of rotatable bonds is 2. The first kappa shape index (κ1) is 11.9. The number of phenolic OH excluding ortho intramolecular Hbond substituents is 1. The van der Waals surface area contributed by atoms with Crippen LogP contribution in [0.15, 0.2) is 21.7 Å². The highest BCUT2D eigenvalue weighted by atomic mass is 79.9. The fourth-order valence-corrected chi connectivity index (χ4v) is 1.36. The first-order valence-corrected chi connectivity index (χ1v) is 5.28. The third-order valence-corrected chi connectivity index (χ3v) is 2.63. The molecule has 0 aliphatic carbocycles. The van der Waals surface area contributed by atoms with Gasteiger partial charge < -0.3 is 10.8 Å². The summed E-state index contributed by atoms with van der Waals surface area (Å²) in [4.78, 5) is 0. The Labute approximate surface area is 101 Å². The number of aryl methyl sites for hydroxylation is 1. The van der Waals surface area contributed by atoms with Gasteiger partial charge in [0.2, 0.25) is 0 Å². The molecular formula is C9H10BrN3OS. The van der Waals surface area contributed by atoms with E-state index in [1.54, 1.807) is 12.1 Å². The fourth-order valence-electron chi connectivity index (χ4n) is 0.950. The second-order valence-electron chi connectivity index (χ2n) is 2.89. The van der Waals surface area contributed by atoms with E-state index in [2.05, 4.69) is 38.7 Å². The lowest BCUT2D eigenvalue weighted by atomic mass is 10.1. The molecule has 0 saturated carbocycles. The van der Waals surface area contributed by atoms with Gasteiger partial charge in [-0.3, -0.25) is 5.43 Å². The molecule has 0 heterocycles. The van der Waals surface area contributed by atoms with Gasteiger partial charge in [0.25, 0.3) is 0 Å². The Morgan fingerprint density at radius 2 is 2.33 bits per heavy atom. The van der Waals surface area contributed by atoms with Crippen LogP contribution in [0, 0.1) is 6.92 Å². The van der Waals surface area contributed by atoms with Crippen LogP contribution < -0.4 is 11.2 Å². The van der Waals surface area contributed by atoms with Gasteiger partial charge in [-0.2, -0.15) is 5.10 Å². The lowest BCUT2D eigenvalue weighted by Gasteiger charge is -2.03. The molecule has 4 N–H and O–H groups in total. The Morgan fingerprint density at radius 3 is 2.93 bits per heavy atom. The summed E-state index contributed by atoms with van der Waals surface area (Å²) in [7, 11) is 0. The molecule has 0 amide bonds. The van der Waals surface area contributed by atoms with E-state index in [0.29, 0.717) is 5.56 Å². The highest BCUT2D eigenvalue weighted by molar-refractivity contribution is 9.10. The van der Waals surface area contributed by atoms with Gasteiger partial charge in [-0.25, -0.2) is 0 Å². The summed E-state index contributed by atoms with van der Waals surface area (Å²) in [5.74, 6) is 0.157. The van der Waals surface area contributed by atoms with Crippen molar-refractivity contribution in [2.75, 3.05) is 0 Å². The number of nitrogens with zero attached hydrogens (tertiary/aromatic N) is 1. The van der Waals surface area contributed by atoms with Crippen molar-refractivity contribution < 1.29 is 5.11 Å². The Balaban J connectivity index is 2.90. The third-order valence-electron chi connectivity index (χ3n) is 1.69. The predicted octanol–water partition coefficient (Wildman–Crippen LogP) is 1.63. The first-order chi connectivity index (χ1) is 7.00. The maximum absolute atomic E-state index is 9.58. The largest absolute Gasteiger partial charge is 0.507 e. The normalized spacial score (nSPS) is 10.5. The van der Waals surface area contributed by atoms with E-state index in [0.717, 1.165) is 10.0 Å². The van der Waals surface area contributed by atoms with Crippen LogP contribution in [0.4, 0.5) is 0 Å². The maximum atomic E-state index is 9.58. The van der Waals surface area contributed by atoms with Crippen molar-refractivity contribution in [1.29, 1.82) is 0 Å². The van der Waals surface area contributed by atoms with Gasteiger partial charge in [-0.15, -0.1) is 0 Å². The molecule has 1 aromatic rings. The van der Waals surface area contributed by atoms with E-state index in [-0.39, 0.29) is 10.9 Å². The number of thiocarbonyl (C=S) groups is 1. The highest BCUT2D eigenvalue weighted by Gasteiger charge is 2.02. The van der Waals surface area contributed by atoms with Crippen molar-refractivity contribution in [1.82, 2.24) is 5.43 Å². The Morgan fingerprint density at radius 1 is 1.67 bits per heavy atom. The molecule has 0 bridgehead atoms. The fraction of sp³-hybridized carbons (Fsp3) is 0.111. The number of hydrogen-bond donors (Lipinski definition) is 3. The van der Waals surface area contributed by atoms with Crippen molar-refractivity contribution in [3.63, 3.8) is 0 Å². The van der Waals surface area contributed by atoms with E-state index in [9.17, 15) is 5.11 Å². The molecule has 1 aromatic carbocycles. The van der Waals surface area contributed by atoms with Crippen LogP contribution in [0.25, 0.3) is 0 Å². The van der Waals surface area contributed by atoms with Crippen LogP contribution in [-0.2, 0) is 0 Å². The Bertz CT molecular complexity index is 420. The lowest BCUT2D eigenvalue weighted by Crippen LogP contribution is -2.23. The van der Waals surface area contributed by atoms with Gasteiger partial charge in [0, 0.05) is 10.0 Å². The van der Waals surface area contributed by atoms with Crippen LogP contribution in [0.3, 0.4) is 0 Å². The zero-order chi connectivity index (χ0) is 11.4. The second kappa shape index (κ2) is 5.09. The average Bonchev–Trinajstić information content (AvgIpc) is 2.13. The van der Waals surface area contributed by atoms with Gasteiger partial charge in [0.05, 0.1) is 6.21 Å². The Hall–Kier alpha value is -1.14. The van der Waals surface area contributed by atoms with Crippen LogP contribution in [0.2, 0.25) is 0 Å². The van der Waals surface area contributed by atoms with Gasteiger partial charge in [-0.05, 0) is 36.8 Å². The zero-order valence-electron chi connectivity index (χ0n) is 7.99. The van der Waals surface area contributed by atoms with Crippen molar-refractivity contribution in [3.8, 4) is 5.75 Å². The summed E-state index contributed by atoms with van der Waals surface area (Å²) in [6.07, 6.45) is 1.44. The molecule has 0 spiro atoms. The van der Waals surface area contributed by atoms with Gasteiger partial charge >= 0.3 is 0 Å². The monoisotopic (exact) mass is 287 g/mol. The molecule has 0 radical (unpaired) electrons. The van der Waals surface area contributed by atoms with E-state index >= 15 is 0 Å². The summed E-state index contributed by atoms with van der Waals surface area (Å²) in [5.41, 5.74) is 9.12. The molecule has 0 unspecified atom stereocenters. The number of hydrogen-bond acceptors (Lipinski definition) is 3. The van der Waals surface area contributed by atoms with Crippen molar-refractivity contribution in [2.24, 2.45) is 10.8 Å². The van der Waals surface area contributed by atoms with Gasteiger partial charge in [-0.1, -0.05) is 15.9 Å². The summed E-state index contributed by atoms with van der Waals surface area (Å²) >= 11 is 7.93. The Kier molecular flexibility index (Phi) is 4.05. The van der Waals surface area contributed by atoms with Crippen LogP contribution in [0.1, 0.15) is 11.1 Å². The van der Waals surface area contributed by atoms with E-state index in [1.807, 2.05) is 6.92 Å². The molecular weight excluding hydrogens is 278 g/mol. The summed E-state index contributed by atoms with van der Waals surface area (Å²) < 4.78 is 0.900. The second-order valence-corrected chi connectivity index (χ2v) is 4.19. The predicted molar refractivity (Wildman–Crippen MR) is 68.1 cm³/mol. The minimum absolute atomic E-state index is 0.0805. The van der Waals surface area contributed by atoms with Crippen molar-refractivity contribution >= 4 is 39.5 Å². The van der Waals surface area contributed by atoms with E-state index < -0.39 is 0 Å². The molecule has 0 aromatic heterocycles. The van der Waals surface area contributed by atoms with Gasteiger partial charge in [0.15, 0.2) is 5.11 Å². The average molecular weight is 288 g/mol. The summed E-state index contributed by atoms with van der Waals surface area (Å²) in [5, 5.41) is 13.4. The summed E-state index contributed by atoms with van der Waals surface area (Å²) in [6.45, 7) is 1.89. The molecule has 0 atom stereocenters. The molecule has 80 valence electrons. The molecule has 0 fully saturated rings. The molecule has 6 heteroatoms. The third kappa shape index (κ3) is 3.49. The summed E-state index contributed by atoms with van der Waals surface area (Å²) in [6, 6.07) is 3.40. The quantitative estimate of drug-likeness (QED) is 0.439. The number of benzene rings is 1. The smallest absolute Gasteiger partial charge is 0.184 e. The molecule has 0 saturated heterocycles. The van der Waals surface area contributed by atoms with E-state index in [1.165, 1.54) is 6.21 Å². The molecule has 0 aliphatic rings. The van der Waals surface area contributed by atoms with Crippen LogP contribution in [-0.4, -0.2) is 16.4 Å². The minimum Gasteiger partial charge on any atom is -0.507 e. The molecule has 1 rings (SSSR count). The van der Waals surface area contributed by atoms with Crippen LogP contribution in [0.5, 0.6) is 5.75 Å². The number of phenols is 1. The van der Waals surface area contributed by atoms with Crippen molar-refractivity contribution in [2.45, 2.75) is 6.92 Å². The number of aromatic hydroxyl groups is 1. The van der Waals surface area contributed by atoms with Gasteiger partial charge in [0.1, 0.15) is 5.75 Å². The lowest BCUT2D eigenvalue weighted by molar-refractivity contribution is 0.474. The molecule has 0 aliphatic heterocycles. The SMILES string of the molecule is Cc1cc(O)c(C=NNC(N)=S)cc1Br. The molecule has 15 heavy (non-hydrogen) atoms. The van der Waals surface area contributed by atoms with Crippen molar-refractivity contribution in [3.05, 3.63) is 27.7 Å².